The van der Waals surface area contributed by atoms with E-state index in [1.165, 1.54) is 16.7 Å². The van der Waals surface area contributed by atoms with Crippen molar-refractivity contribution in [2.45, 2.75) is 53.3 Å². The predicted molar refractivity (Wildman–Crippen MR) is 85.9 cm³/mol. The average Bonchev–Trinajstić information content (AvgIpc) is 2.86. The van der Waals surface area contributed by atoms with Crippen LogP contribution in [0.1, 0.15) is 43.3 Å². The van der Waals surface area contributed by atoms with E-state index in [1.807, 2.05) is 26.8 Å². The first-order chi connectivity index (χ1) is 10.8. The molecule has 1 aromatic carbocycles. The topological polar surface area (TPSA) is 81.9 Å². The summed E-state index contributed by atoms with van der Waals surface area (Å²) in [5.41, 5.74) is 3.02. The van der Waals surface area contributed by atoms with E-state index >= 15 is 0 Å². The van der Waals surface area contributed by atoms with E-state index < -0.39 is 11.7 Å². The van der Waals surface area contributed by atoms with Gasteiger partial charge in [-0.25, -0.2) is 9.48 Å². The number of ether oxygens (including phenoxy) is 1. The number of aryl methyl sites for hydroxylation is 2. The molecule has 23 heavy (non-hydrogen) atoms. The van der Waals surface area contributed by atoms with Crippen molar-refractivity contribution in [3.05, 3.63) is 40.7 Å². The molecule has 7 nitrogen and oxygen atoms in total. The molecule has 1 aromatic heterocycles. The lowest BCUT2D eigenvalue weighted by Crippen LogP contribution is -2.33. The smallest absolute Gasteiger partial charge is 0.408 e. The fourth-order valence-electron chi connectivity index (χ4n) is 2.19. The van der Waals surface area contributed by atoms with E-state index in [9.17, 15) is 4.79 Å². The number of amides is 1. The Morgan fingerprint density at radius 1 is 1.26 bits per heavy atom. The Labute approximate surface area is 136 Å². The third-order valence-electron chi connectivity index (χ3n) is 3.35. The van der Waals surface area contributed by atoms with Crippen LogP contribution in [0, 0.1) is 13.8 Å². The third-order valence-corrected chi connectivity index (χ3v) is 3.35. The van der Waals surface area contributed by atoms with Gasteiger partial charge < -0.3 is 10.1 Å². The Kier molecular flexibility index (Phi) is 4.98. The number of carbonyl (C=O) groups excluding carboxylic acids is 1. The molecule has 0 aliphatic carbocycles. The van der Waals surface area contributed by atoms with Gasteiger partial charge in [0.2, 0.25) is 0 Å². The van der Waals surface area contributed by atoms with Crippen LogP contribution >= 0.6 is 0 Å². The van der Waals surface area contributed by atoms with Gasteiger partial charge in [0.05, 0.1) is 13.1 Å². The fourth-order valence-corrected chi connectivity index (χ4v) is 2.19. The van der Waals surface area contributed by atoms with Crippen LogP contribution in [-0.2, 0) is 17.8 Å². The summed E-state index contributed by atoms with van der Waals surface area (Å²) in [4.78, 5) is 11.7. The summed E-state index contributed by atoms with van der Waals surface area (Å²) in [6, 6.07) is 6.15. The monoisotopic (exact) mass is 317 g/mol. The van der Waals surface area contributed by atoms with Crippen LogP contribution in [0.2, 0.25) is 0 Å². The van der Waals surface area contributed by atoms with Gasteiger partial charge >= 0.3 is 6.09 Å². The standard InChI is InChI=1S/C16H23N5O2/c1-11-7-6-8-12(2)13(11)10-21-14(18-19-20-21)9-17-15(22)23-16(3,4)5/h6-8H,9-10H2,1-5H3,(H,17,22). The molecule has 0 spiro atoms. The first kappa shape index (κ1) is 16.9. The Hall–Kier alpha value is -2.44. The van der Waals surface area contributed by atoms with E-state index in [4.69, 9.17) is 4.74 Å². The minimum Gasteiger partial charge on any atom is -0.444 e. The predicted octanol–water partition coefficient (Wildman–Crippen LogP) is 2.36. The molecule has 0 saturated carbocycles. The normalized spacial score (nSPS) is 11.3. The lowest BCUT2D eigenvalue weighted by molar-refractivity contribution is 0.0521. The number of nitrogens with zero attached hydrogens (tertiary/aromatic N) is 4. The second kappa shape index (κ2) is 6.76. The zero-order valence-corrected chi connectivity index (χ0v) is 14.3. The molecule has 124 valence electrons. The van der Waals surface area contributed by atoms with Crippen LogP contribution in [0.3, 0.4) is 0 Å². The van der Waals surface area contributed by atoms with Crippen molar-refractivity contribution >= 4 is 6.09 Å². The largest absolute Gasteiger partial charge is 0.444 e. The van der Waals surface area contributed by atoms with E-state index in [0.29, 0.717) is 12.4 Å². The van der Waals surface area contributed by atoms with Gasteiger partial charge in [0.1, 0.15) is 5.60 Å². The number of rotatable bonds is 4. The molecule has 2 rings (SSSR count). The molecule has 1 amide bonds. The number of nitrogens with one attached hydrogen (secondary N) is 1. The molecule has 1 heterocycles. The van der Waals surface area contributed by atoms with Crippen LogP contribution in [0.4, 0.5) is 4.79 Å². The minimum atomic E-state index is -0.533. The number of carbonyl (C=O) groups is 1. The highest BCUT2D eigenvalue weighted by Crippen LogP contribution is 2.15. The van der Waals surface area contributed by atoms with Gasteiger partial charge in [-0.3, -0.25) is 0 Å². The second-order valence-corrected chi connectivity index (χ2v) is 6.48. The summed E-state index contributed by atoms with van der Waals surface area (Å²) in [5, 5.41) is 14.4. The van der Waals surface area contributed by atoms with Gasteiger partial charge in [-0.15, -0.1) is 5.10 Å². The highest BCUT2D eigenvalue weighted by Gasteiger charge is 2.17. The summed E-state index contributed by atoms with van der Waals surface area (Å²) in [5.74, 6) is 0.582. The maximum absolute atomic E-state index is 11.7. The molecular weight excluding hydrogens is 294 g/mol. The van der Waals surface area contributed by atoms with Crippen LogP contribution in [0.5, 0.6) is 0 Å². The lowest BCUT2D eigenvalue weighted by Gasteiger charge is -2.19. The van der Waals surface area contributed by atoms with Crippen LogP contribution in [-0.4, -0.2) is 31.9 Å². The van der Waals surface area contributed by atoms with Crippen molar-refractivity contribution in [2.24, 2.45) is 0 Å². The maximum Gasteiger partial charge on any atom is 0.408 e. The second-order valence-electron chi connectivity index (χ2n) is 6.48. The van der Waals surface area contributed by atoms with Crippen molar-refractivity contribution in [1.29, 1.82) is 0 Å². The molecular formula is C16H23N5O2. The quantitative estimate of drug-likeness (QED) is 0.936. The number of alkyl carbamates (subject to hydrolysis) is 1. The molecule has 2 aromatic rings. The number of tetrazole rings is 1. The Morgan fingerprint density at radius 3 is 2.52 bits per heavy atom. The highest BCUT2D eigenvalue weighted by atomic mass is 16.6. The molecule has 0 atom stereocenters. The van der Waals surface area contributed by atoms with Gasteiger partial charge in [0.25, 0.3) is 0 Å². The van der Waals surface area contributed by atoms with E-state index in [2.05, 4.69) is 46.8 Å². The minimum absolute atomic E-state index is 0.215. The molecule has 0 fully saturated rings. The zero-order chi connectivity index (χ0) is 17.0. The summed E-state index contributed by atoms with van der Waals surface area (Å²) in [6.07, 6.45) is -0.487. The van der Waals surface area contributed by atoms with Gasteiger partial charge in [0.15, 0.2) is 5.82 Å². The first-order valence-corrected chi connectivity index (χ1v) is 7.53. The average molecular weight is 317 g/mol. The Bertz CT molecular complexity index is 668. The molecule has 0 bridgehead atoms. The molecule has 7 heteroatoms. The summed E-state index contributed by atoms with van der Waals surface area (Å²) in [6.45, 7) is 10.4. The van der Waals surface area contributed by atoms with Crippen molar-refractivity contribution in [3.8, 4) is 0 Å². The Morgan fingerprint density at radius 2 is 1.91 bits per heavy atom. The summed E-state index contributed by atoms with van der Waals surface area (Å²) >= 11 is 0. The van der Waals surface area contributed by atoms with E-state index in [1.54, 1.807) is 4.68 Å². The van der Waals surface area contributed by atoms with E-state index in [0.717, 1.165) is 0 Å². The Balaban J connectivity index is 2.04. The van der Waals surface area contributed by atoms with Crippen molar-refractivity contribution in [3.63, 3.8) is 0 Å². The molecule has 0 radical (unpaired) electrons. The van der Waals surface area contributed by atoms with Gasteiger partial charge in [0, 0.05) is 0 Å². The van der Waals surface area contributed by atoms with Crippen LogP contribution < -0.4 is 5.32 Å². The lowest BCUT2D eigenvalue weighted by atomic mass is 10.0. The van der Waals surface area contributed by atoms with Crippen LogP contribution in [0.25, 0.3) is 0 Å². The highest BCUT2D eigenvalue weighted by molar-refractivity contribution is 5.67. The van der Waals surface area contributed by atoms with Crippen LogP contribution in [0.15, 0.2) is 18.2 Å². The molecule has 1 N–H and O–H groups in total. The number of hydrogen-bond donors (Lipinski definition) is 1. The first-order valence-electron chi connectivity index (χ1n) is 7.53. The van der Waals surface area contributed by atoms with Gasteiger partial charge in [-0.05, 0) is 61.7 Å². The third kappa shape index (κ3) is 4.77. The fraction of sp³-hybridized carbons (Fsp3) is 0.500. The van der Waals surface area contributed by atoms with Crippen molar-refractivity contribution in [2.75, 3.05) is 0 Å². The molecule has 0 unspecified atom stereocenters. The summed E-state index contributed by atoms with van der Waals surface area (Å²) < 4.78 is 6.89. The number of benzene rings is 1. The van der Waals surface area contributed by atoms with Crippen molar-refractivity contribution < 1.29 is 9.53 Å². The van der Waals surface area contributed by atoms with E-state index in [-0.39, 0.29) is 6.54 Å². The van der Waals surface area contributed by atoms with Gasteiger partial charge in [-0.1, -0.05) is 18.2 Å². The maximum atomic E-state index is 11.7. The molecule has 0 aliphatic heterocycles. The zero-order valence-electron chi connectivity index (χ0n) is 14.3. The molecule has 0 aliphatic rings. The number of aromatic nitrogens is 4. The summed E-state index contributed by atoms with van der Waals surface area (Å²) in [7, 11) is 0. The molecule has 0 saturated heterocycles. The SMILES string of the molecule is Cc1cccc(C)c1Cn1nnnc1CNC(=O)OC(C)(C)C. The van der Waals surface area contributed by atoms with Crippen molar-refractivity contribution in [1.82, 2.24) is 25.5 Å². The van der Waals surface area contributed by atoms with Gasteiger partial charge in [-0.2, -0.15) is 0 Å². The number of hydrogen-bond acceptors (Lipinski definition) is 5.